The number of methoxy groups -OCH3 is 1. The molecule has 0 saturated carbocycles. The molecule has 7 nitrogen and oxygen atoms in total. The number of aromatic nitrogens is 1. The first-order valence-electron chi connectivity index (χ1n) is 9.92. The molecule has 1 aliphatic rings. The third-order valence-corrected chi connectivity index (χ3v) is 5.71. The van der Waals surface area contributed by atoms with Crippen molar-refractivity contribution in [3.63, 3.8) is 0 Å². The number of likely N-dealkylation sites (tertiary alicyclic amines) is 1. The lowest BCUT2D eigenvalue weighted by molar-refractivity contribution is -0.129. The van der Waals surface area contributed by atoms with Crippen LogP contribution in [0.1, 0.15) is 30.9 Å². The quantitative estimate of drug-likeness (QED) is 0.553. The second-order valence-corrected chi connectivity index (χ2v) is 8.38. The predicted octanol–water partition coefficient (Wildman–Crippen LogP) is 2.41. The fourth-order valence-corrected chi connectivity index (χ4v) is 4.14. The number of hydrogen-bond acceptors (Lipinski definition) is 6. The summed E-state index contributed by atoms with van der Waals surface area (Å²) in [4.78, 5) is 19.6. The summed E-state index contributed by atoms with van der Waals surface area (Å²) in [5, 5.41) is 22.2. The van der Waals surface area contributed by atoms with E-state index in [2.05, 4.69) is 24.1 Å². The van der Waals surface area contributed by atoms with Gasteiger partial charge in [0.05, 0.1) is 31.4 Å². The largest absolute Gasteiger partial charge is 0.494 e. The number of hydrogen-bond donors (Lipinski definition) is 3. The number of nitrogens with zero attached hydrogens (tertiary/aromatic N) is 2. The van der Waals surface area contributed by atoms with Crippen molar-refractivity contribution in [1.82, 2.24) is 9.88 Å². The van der Waals surface area contributed by atoms with E-state index in [0.29, 0.717) is 31.1 Å². The van der Waals surface area contributed by atoms with E-state index in [1.54, 1.807) is 6.07 Å². The minimum Gasteiger partial charge on any atom is -0.494 e. The number of amides is 1. The third-order valence-electron chi connectivity index (χ3n) is 5.50. The van der Waals surface area contributed by atoms with Gasteiger partial charge in [0, 0.05) is 25.7 Å². The Balaban J connectivity index is 1.94. The van der Waals surface area contributed by atoms with Crippen LogP contribution in [-0.4, -0.2) is 65.5 Å². The molecular formula is C22H28ClN3O4. The molecule has 1 aliphatic heterocycles. The summed E-state index contributed by atoms with van der Waals surface area (Å²) in [5.74, 6) is 0.505. The Kier molecular flexibility index (Phi) is 6.98. The van der Waals surface area contributed by atoms with Crippen LogP contribution < -0.4 is 10.1 Å². The number of β-amino-alcohol motifs (C(OH)–C–C–N with tert-alkyl or cyclic N) is 1. The molecule has 2 aromatic rings. The van der Waals surface area contributed by atoms with Gasteiger partial charge in [0.2, 0.25) is 5.91 Å². The number of halogens is 1. The van der Waals surface area contributed by atoms with Crippen LogP contribution in [0.3, 0.4) is 0 Å². The maximum absolute atomic E-state index is 13.6. The van der Waals surface area contributed by atoms with Crippen molar-refractivity contribution in [2.45, 2.75) is 31.3 Å². The number of aliphatic hydroxyl groups is 2. The molecule has 1 atom stereocenters. The van der Waals surface area contributed by atoms with E-state index in [-0.39, 0.29) is 23.6 Å². The molecule has 0 bridgehead atoms. The Morgan fingerprint density at radius 1 is 1.37 bits per heavy atom. The van der Waals surface area contributed by atoms with Crippen LogP contribution in [0.2, 0.25) is 5.15 Å². The molecule has 1 saturated heterocycles. The van der Waals surface area contributed by atoms with Crippen molar-refractivity contribution in [2.75, 3.05) is 38.7 Å². The zero-order valence-electron chi connectivity index (χ0n) is 17.4. The number of aliphatic hydroxyl groups excluding tert-OH is 2. The Morgan fingerprint density at radius 3 is 2.70 bits per heavy atom. The molecule has 0 aliphatic carbocycles. The number of pyridine rings is 1. The van der Waals surface area contributed by atoms with Gasteiger partial charge >= 0.3 is 0 Å². The summed E-state index contributed by atoms with van der Waals surface area (Å²) >= 11 is 5.94. The fraction of sp³-hybridized carbons (Fsp3) is 0.455. The van der Waals surface area contributed by atoms with Crippen LogP contribution in [0.4, 0.5) is 5.69 Å². The van der Waals surface area contributed by atoms with E-state index in [0.717, 1.165) is 11.1 Å². The number of anilines is 1. The topological polar surface area (TPSA) is 94.9 Å². The summed E-state index contributed by atoms with van der Waals surface area (Å²) < 4.78 is 5.34. The van der Waals surface area contributed by atoms with E-state index in [4.69, 9.17) is 21.4 Å². The highest BCUT2D eigenvalue weighted by Crippen LogP contribution is 2.40. The highest BCUT2D eigenvalue weighted by atomic mass is 35.5. The van der Waals surface area contributed by atoms with E-state index in [1.165, 1.54) is 13.3 Å². The second-order valence-electron chi connectivity index (χ2n) is 7.99. The van der Waals surface area contributed by atoms with Crippen LogP contribution in [0.15, 0.2) is 36.5 Å². The molecule has 0 unspecified atom stereocenters. The average Bonchev–Trinajstić information content (AvgIpc) is 2.71. The number of benzene rings is 1. The standard InChI is InChI=1S/C22H28ClN3O4/c1-14(2)16-6-4-5-7-17(16)22(12-26(13-22)10-15(28)11-27)21(29)25-18-9-24-20(23)8-19(18)30-3/h4-9,14-15,27-28H,10-13H2,1-3H3,(H,25,29)/t15-/m1/s1. The van der Waals surface area contributed by atoms with Gasteiger partial charge in [-0.2, -0.15) is 0 Å². The summed E-state index contributed by atoms with van der Waals surface area (Å²) in [6, 6.07) is 9.50. The number of carbonyl (C=O) groups excluding carboxylic acids is 1. The molecule has 0 spiro atoms. The van der Waals surface area contributed by atoms with Crippen LogP contribution in [-0.2, 0) is 10.2 Å². The fourth-order valence-electron chi connectivity index (χ4n) is 3.99. The van der Waals surface area contributed by atoms with Crippen molar-refractivity contribution in [2.24, 2.45) is 0 Å². The highest BCUT2D eigenvalue weighted by molar-refractivity contribution is 6.29. The molecule has 3 rings (SSSR count). The van der Waals surface area contributed by atoms with E-state index in [1.807, 2.05) is 29.2 Å². The normalized spacial score (nSPS) is 16.8. The zero-order valence-corrected chi connectivity index (χ0v) is 18.2. The number of carbonyl (C=O) groups is 1. The highest BCUT2D eigenvalue weighted by Gasteiger charge is 2.51. The van der Waals surface area contributed by atoms with E-state index in [9.17, 15) is 9.90 Å². The van der Waals surface area contributed by atoms with Gasteiger partial charge in [-0.15, -0.1) is 0 Å². The minimum atomic E-state index is -0.841. The smallest absolute Gasteiger partial charge is 0.237 e. The minimum absolute atomic E-state index is 0.173. The average molecular weight is 434 g/mol. The van der Waals surface area contributed by atoms with Gasteiger partial charge in [0.25, 0.3) is 0 Å². The van der Waals surface area contributed by atoms with Gasteiger partial charge < -0.3 is 20.3 Å². The van der Waals surface area contributed by atoms with Gasteiger partial charge in [-0.3, -0.25) is 9.69 Å². The first-order chi connectivity index (χ1) is 14.3. The molecular weight excluding hydrogens is 406 g/mol. The zero-order chi connectivity index (χ0) is 21.9. The van der Waals surface area contributed by atoms with Crippen molar-refractivity contribution in [3.05, 3.63) is 52.8 Å². The molecule has 3 N–H and O–H groups in total. The summed E-state index contributed by atoms with van der Waals surface area (Å²) in [6.07, 6.45) is 0.638. The van der Waals surface area contributed by atoms with E-state index < -0.39 is 11.5 Å². The lowest BCUT2D eigenvalue weighted by atomic mass is 9.69. The van der Waals surface area contributed by atoms with E-state index >= 15 is 0 Å². The predicted molar refractivity (Wildman–Crippen MR) is 116 cm³/mol. The molecule has 162 valence electrons. The first-order valence-corrected chi connectivity index (χ1v) is 10.3. The van der Waals surface area contributed by atoms with Crippen molar-refractivity contribution in [1.29, 1.82) is 0 Å². The van der Waals surface area contributed by atoms with Crippen molar-refractivity contribution < 1.29 is 19.7 Å². The van der Waals surface area contributed by atoms with Crippen LogP contribution in [0.5, 0.6) is 5.75 Å². The summed E-state index contributed by atoms with van der Waals surface area (Å²) in [5.41, 5.74) is 1.73. The number of rotatable bonds is 8. The van der Waals surface area contributed by atoms with Gasteiger partial charge in [0.15, 0.2) is 0 Å². The molecule has 1 aromatic carbocycles. The van der Waals surface area contributed by atoms with Gasteiger partial charge in [-0.25, -0.2) is 4.98 Å². The molecule has 1 fully saturated rings. The van der Waals surface area contributed by atoms with Gasteiger partial charge in [-0.1, -0.05) is 49.7 Å². The Bertz CT molecular complexity index is 900. The molecule has 0 radical (unpaired) electrons. The van der Waals surface area contributed by atoms with Crippen molar-refractivity contribution >= 4 is 23.2 Å². The summed E-state index contributed by atoms with van der Waals surface area (Å²) in [6.45, 7) is 5.06. The number of nitrogens with one attached hydrogen (secondary N) is 1. The summed E-state index contributed by atoms with van der Waals surface area (Å²) in [7, 11) is 1.51. The van der Waals surface area contributed by atoms with Crippen LogP contribution >= 0.6 is 11.6 Å². The molecule has 8 heteroatoms. The van der Waals surface area contributed by atoms with Gasteiger partial charge in [0.1, 0.15) is 16.6 Å². The van der Waals surface area contributed by atoms with Crippen LogP contribution in [0, 0.1) is 0 Å². The number of ether oxygens (including phenoxy) is 1. The molecule has 2 heterocycles. The molecule has 30 heavy (non-hydrogen) atoms. The SMILES string of the molecule is COc1cc(Cl)ncc1NC(=O)C1(c2ccccc2C(C)C)CN(C[C@@H](O)CO)C1. The maximum Gasteiger partial charge on any atom is 0.237 e. The first kappa shape index (κ1) is 22.5. The lowest BCUT2D eigenvalue weighted by Crippen LogP contribution is -2.66. The Hall–Kier alpha value is -2.19. The molecule has 1 amide bonds. The maximum atomic E-state index is 13.6. The second kappa shape index (κ2) is 9.31. The van der Waals surface area contributed by atoms with Gasteiger partial charge in [-0.05, 0) is 17.0 Å². The van der Waals surface area contributed by atoms with Crippen molar-refractivity contribution in [3.8, 4) is 5.75 Å². The van der Waals surface area contributed by atoms with Crippen LogP contribution in [0.25, 0.3) is 0 Å². The lowest BCUT2D eigenvalue weighted by Gasteiger charge is -2.50. The third kappa shape index (κ3) is 4.44. The Labute approximate surface area is 181 Å². The monoisotopic (exact) mass is 433 g/mol. The molecule has 1 aromatic heterocycles. The Morgan fingerprint density at radius 2 is 2.07 bits per heavy atom.